The Morgan fingerprint density at radius 2 is 2.06 bits per heavy atom. The predicted molar refractivity (Wildman–Crippen MR) is 66.5 cm³/mol. The number of rotatable bonds is 6. The summed E-state index contributed by atoms with van der Waals surface area (Å²) in [5.74, 6) is -0.376. The van der Waals surface area contributed by atoms with Crippen molar-refractivity contribution >= 4 is 5.97 Å². The quantitative estimate of drug-likeness (QED) is 0.431. The fraction of sp³-hybridized carbons (Fsp3) is 0.357. The monoisotopic (exact) mass is 234 g/mol. The lowest BCUT2D eigenvalue weighted by molar-refractivity contribution is -0.137. The Labute approximate surface area is 102 Å². The predicted octanol–water partition coefficient (Wildman–Crippen LogP) is 2.71. The molecule has 1 aromatic carbocycles. The molecule has 0 saturated carbocycles. The summed E-state index contributed by atoms with van der Waals surface area (Å²) < 4.78 is 10.1. The highest BCUT2D eigenvalue weighted by Gasteiger charge is 2.02. The third kappa shape index (κ3) is 5.76. The molecule has 0 fully saturated rings. The summed E-state index contributed by atoms with van der Waals surface area (Å²) in [4.78, 5) is 11.0. The Kier molecular flexibility index (Phi) is 5.86. The van der Waals surface area contributed by atoms with Gasteiger partial charge in [0.2, 0.25) is 0 Å². The molecule has 0 heterocycles. The van der Waals surface area contributed by atoms with Crippen LogP contribution in [0.4, 0.5) is 0 Å². The van der Waals surface area contributed by atoms with E-state index in [1.54, 1.807) is 6.92 Å². The fourth-order valence-corrected chi connectivity index (χ4v) is 1.41. The van der Waals surface area contributed by atoms with Gasteiger partial charge in [-0.05, 0) is 19.4 Å². The van der Waals surface area contributed by atoms with Crippen molar-refractivity contribution in [2.45, 2.75) is 26.4 Å². The molecular formula is C14H18O3. The molecule has 1 unspecified atom stereocenters. The molecule has 1 aromatic rings. The maximum atomic E-state index is 11.0. The summed E-state index contributed by atoms with van der Waals surface area (Å²) in [6.45, 7) is 4.11. The van der Waals surface area contributed by atoms with Gasteiger partial charge < -0.3 is 9.47 Å². The zero-order chi connectivity index (χ0) is 12.5. The minimum Gasteiger partial charge on any atom is -0.498 e. The fourth-order valence-electron chi connectivity index (χ4n) is 1.41. The van der Waals surface area contributed by atoms with E-state index in [0.717, 1.165) is 6.42 Å². The third-order valence-electron chi connectivity index (χ3n) is 2.17. The van der Waals surface area contributed by atoms with Gasteiger partial charge in [0, 0.05) is 6.42 Å². The largest absolute Gasteiger partial charge is 0.498 e. The standard InChI is InChI=1S/C14H18O3/c1-3-16-14(15)9-10-17-12(2)11-13-7-5-4-6-8-13/h4-10,12H,3,11H2,1-2H3/b10-9+. The van der Waals surface area contributed by atoms with Crippen molar-refractivity contribution in [2.24, 2.45) is 0 Å². The van der Waals surface area contributed by atoms with Crippen molar-refractivity contribution in [3.63, 3.8) is 0 Å². The molecular weight excluding hydrogens is 216 g/mol. The molecule has 0 aliphatic heterocycles. The second-order valence-electron chi connectivity index (χ2n) is 3.69. The third-order valence-corrected chi connectivity index (χ3v) is 2.17. The Balaban J connectivity index is 2.30. The van der Waals surface area contributed by atoms with Gasteiger partial charge in [0.1, 0.15) is 0 Å². The summed E-state index contributed by atoms with van der Waals surface area (Å²) >= 11 is 0. The van der Waals surface area contributed by atoms with Gasteiger partial charge in [-0.2, -0.15) is 0 Å². The Morgan fingerprint density at radius 3 is 2.71 bits per heavy atom. The van der Waals surface area contributed by atoms with Crippen molar-refractivity contribution in [1.82, 2.24) is 0 Å². The lowest BCUT2D eigenvalue weighted by atomic mass is 10.1. The van der Waals surface area contributed by atoms with Crippen molar-refractivity contribution in [3.8, 4) is 0 Å². The topological polar surface area (TPSA) is 35.5 Å². The van der Waals surface area contributed by atoms with Gasteiger partial charge >= 0.3 is 5.97 Å². The molecule has 3 heteroatoms. The highest BCUT2D eigenvalue weighted by molar-refractivity contribution is 5.81. The Hall–Kier alpha value is -1.77. The molecule has 3 nitrogen and oxygen atoms in total. The van der Waals surface area contributed by atoms with Crippen LogP contribution in [-0.4, -0.2) is 18.7 Å². The summed E-state index contributed by atoms with van der Waals surface area (Å²) in [5, 5.41) is 0. The molecule has 1 rings (SSSR count). The van der Waals surface area contributed by atoms with Crippen LogP contribution in [0.3, 0.4) is 0 Å². The smallest absolute Gasteiger partial charge is 0.333 e. The molecule has 0 aliphatic carbocycles. The van der Waals surface area contributed by atoms with Crippen LogP contribution < -0.4 is 0 Å². The minimum absolute atomic E-state index is 0.0306. The second-order valence-corrected chi connectivity index (χ2v) is 3.69. The molecule has 0 aromatic heterocycles. The van der Waals surface area contributed by atoms with Crippen molar-refractivity contribution in [2.75, 3.05) is 6.61 Å². The number of hydrogen-bond acceptors (Lipinski definition) is 3. The molecule has 0 spiro atoms. The zero-order valence-electron chi connectivity index (χ0n) is 10.3. The first-order valence-corrected chi connectivity index (χ1v) is 5.75. The first-order valence-electron chi connectivity index (χ1n) is 5.75. The molecule has 17 heavy (non-hydrogen) atoms. The maximum absolute atomic E-state index is 11.0. The summed E-state index contributed by atoms with van der Waals surface area (Å²) in [7, 11) is 0. The minimum atomic E-state index is -0.376. The average molecular weight is 234 g/mol. The van der Waals surface area contributed by atoms with Crippen molar-refractivity contribution < 1.29 is 14.3 Å². The number of hydrogen-bond donors (Lipinski definition) is 0. The van der Waals surface area contributed by atoms with Crippen molar-refractivity contribution in [3.05, 3.63) is 48.2 Å². The first-order chi connectivity index (χ1) is 8.22. The number of carbonyl (C=O) groups is 1. The van der Waals surface area contributed by atoms with E-state index in [1.807, 2.05) is 25.1 Å². The van der Waals surface area contributed by atoms with Gasteiger partial charge in [-0.1, -0.05) is 30.3 Å². The lowest BCUT2D eigenvalue weighted by Crippen LogP contribution is -2.08. The van der Waals surface area contributed by atoms with Crippen LogP contribution in [0, 0.1) is 0 Å². The van der Waals surface area contributed by atoms with Crippen LogP contribution in [0.15, 0.2) is 42.7 Å². The lowest BCUT2D eigenvalue weighted by Gasteiger charge is -2.10. The number of ether oxygens (including phenoxy) is 2. The summed E-state index contributed by atoms with van der Waals surface area (Å²) in [6, 6.07) is 10.1. The maximum Gasteiger partial charge on any atom is 0.333 e. The summed E-state index contributed by atoms with van der Waals surface area (Å²) in [5.41, 5.74) is 1.21. The molecule has 0 aliphatic rings. The number of carbonyl (C=O) groups excluding carboxylic acids is 1. The normalized spacial score (nSPS) is 12.4. The highest BCUT2D eigenvalue weighted by atomic mass is 16.5. The molecule has 0 radical (unpaired) electrons. The van der Waals surface area contributed by atoms with Crippen LogP contribution in [0.25, 0.3) is 0 Å². The zero-order valence-corrected chi connectivity index (χ0v) is 10.3. The van der Waals surface area contributed by atoms with E-state index in [1.165, 1.54) is 17.9 Å². The van der Waals surface area contributed by atoms with Gasteiger partial charge in [-0.3, -0.25) is 0 Å². The van der Waals surface area contributed by atoms with E-state index in [0.29, 0.717) is 6.61 Å². The highest BCUT2D eigenvalue weighted by Crippen LogP contribution is 2.05. The van der Waals surface area contributed by atoms with E-state index in [9.17, 15) is 4.79 Å². The van der Waals surface area contributed by atoms with Crippen LogP contribution in [0.2, 0.25) is 0 Å². The van der Waals surface area contributed by atoms with Gasteiger partial charge in [0.15, 0.2) is 0 Å². The Morgan fingerprint density at radius 1 is 1.35 bits per heavy atom. The van der Waals surface area contributed by atoms with E-state index in [-0.39, 0.29) is 12.1 Å². The van der Waals surface area contributed by atoms with Crippen LogP contribution >= 0.6 is 0 Å². The molecule has 0 amide bonds. The van der Waals surface area contributed by atoms with E-state index in [4.69, 9.17) is 9.47 Å². The van der Waals surface area contributed by atoms with E-state index >= 15 is 0 Å². The van der Waals surface area contributed by atoms with Crippen LogP contribution in [0.5, 0.6) is 0 Å². The van der Waals surface area contributed by atoms with Crippen LogP contribution in [0.1, 0.15) is 19.4 Å². The number of esters is 1. The first kappa shape index (κ1) is 13.3. The van der Waals surface area contributed by atoms with Gasteiger partial charge in [0.05, 0.1) is 25.0 Å². The van der Waals surface area contributed by atoms with Gasteiger partial charge in [-0.25, -0.2) is 4.79 Å². The molecule has 92 valence electrons. The Bertz CT molecular complexity index is 357. The van der Waals surface area contributed by atoms with E-state index < -0.39 is 0 Å². The molecule has 0 N–H and O–H groups in total. The second kappa shape index (κ2) is 7.49. The van der Waals surface area contributed by atoms with Gasteiger partial charge in [0.25, 0.3) is 0 Å². The van der Waals surface area contributed by atoms with Gasteiger partial charge in [-0.15, -0.1) is 0 Å². The SMILES string of the molecule is CCOC(=O)/C=C/OC(C)Cc1ccccc1. The summed E-state index contributed by atoms with van der Waals surface area (Å²) in [6.07, 6.45) is 3.54. The molecule has 0 saturated heterocycles. The number of benzene rings is 1. The van der Waals surface area contributed by atoms with Crippen molar-refractivity contribution in [1.29, 1.82) is 0 Å². The average Bonchev–Trinajstić information content (AvgIpc) is 2.30. The van der Waals surface area contributed by atoms with E-state index in [2.05, 4.69) is 12.1 Å². The molecule has 0 bridgehead atoms. The molecule has 1 atom stereocenters. The van der Waals surface area contributed by atoms with Crippen LogP contribution in [-0.2, 0) is 20.7 Å².